The second-order valence-electron chi connectivity index (χ2n) is 4.44. The molecule has 0 unspecified atom stereocenters. The van der Waals surface area contributed by atoms with Crippen molar-refractivity contribution in [2.24, 2.45) is 0 Å². The molecule has 1 aromatic carbocycles. The molecule has 0 amide bonds. The van der Waals surface area contributed by atoms with Gasteiger partial charge in [0.2, 0.25) is 5.43 Å². The fourth-order valence-corrected chi connectivity index (χ4v) is 3.30. The molecule has 0 spiro atoms. The second kappa shape index (κ2) is 3.70. The van der Waals surface area contributed by atoms with Crippen molar-refractivity contribution in [2.45, 2.75) is 19.9 Å². The Morgan fingerprint density at radius 1 is 1.18 bits per heavy atom. The van der Waals surface area contributed by atoms with Crippen LogP contribution in [0.3, 0.4) is 0 Å². The predicted octanol–water partition coefficient (Wildman–Crippen LogP) is 3.80. The van der Waals surface area contributed by atoms with Crippen LogP contribution in [0.2, 0.25) is 0 Å². The first kappa shape index (κ1) is 10.5. The highest BCUT2D eigenvalue weighted by Crippen LogP contribution is 2.31. The van der Waals surface area contributed by atoms with Crippen LogP contribution in [0.15, 0.2) is 40.5 Å². The van der Waals surface area contributed by atoms with Crippen molar-refractivity contribution in [3.63, 3.8) is 0 Å². The third-order valence-corrected chi connectivity index (χ3v) is 3.94. The number of hydrogen-bond donors (Lipinski definition) is 0. The molecule has 2 aromatic heterocycles. The minimum atomic E-state index is 0.114. The van der Waals surface area contributed by atoms with Gasteiger partial charge < -0.3 is 4.57 Å². The van der Waals surface area contributed by atoms with Crippen molar-refractivity contribution in [2.75, 3.05) is 0 Å². The first-order valence-corrected chi connectivity index (χ1v) is 6.58. The summed E-state index contributed by atoms with van der Waals surface area (Å²) in [6.45, 7) is 4.23. The Balaban J connectivity index is 2.68. The molecule has 0 N–H and O–H groups in total. The summed E-state index contributed by atoms with van der Waals surface area (Å²) in [5, 5.41) is 3.06. The third kappa shape index (κ3) is 1.42. The fourth-order valence-electron chi connectivity index (χ4n) is 2.36. The van der Waals surface area contributed by atoms with Crippen LogP contribution < -0.4 is 5.43 Å². The maximum Gasteiger partial charge on any atom is 0.204 e. The average molecular weight is 243 g/mol. The Kier molecular flexibility index (Phi) is 2.30. The summed E-state index contributed by atoms with van der Waals surface area (Å²) in [4.78, 5) is 12.1. The minimum Gasteiger partial charge on any atom is -0.334 e. The first-order valence-electron chi connectivity index (χ1n) is 5.70. The van der Waals surface area contributed by atoms with Crippen molar-refractivity contribution in [3.05, 3.63) is 45.9 Å². The van der Waals surface area contributed by atoms with E-state index < -0.39 is 0 Å². The van der Waals surface area contributed by atoms with Gasteiger partial charge in [-0.25, -0.2) is 0 Å². The molecule has 86 valence electrons. The van der Waals surface area contributed by atoms with Crippen molar-refractivity contribution in [3.8, 4) is 0 Å². The minimum absolute atomic E-state index is 0.114. The summed E-state index contributed by atoms with van der Waals surface area (Å²) in [6.07, 6.45) is 0. The van der Waals surface area contributed by atoms with Gasteiger partial charge in [-0.1, -0.05) is 18.2 Å². The van der Waals surface area contributed by atoms with E-state index in [4.69, 9.17) is 0 Å². The van der Waals surface area contributed by atoms with Crippen LogP contribution in [0.4, 0.5) is 0 Å². The molecule has 2 heterocycles. The van der Waals surface area contributed by atoms with Gasteiger partial charge in [0.15, 0.2) is 0 Å². The molecule has 3 aromatic rings. The summed E-state index contributed by atoms with van der Waals surface area (Å²) in [5.74, 6) is 0. The molecular weight excluding hydrogens is 230 g/mol. The summed E-state index contributed by atoms with van der Waals surface area (Å²) in [5.41, 5.74) is 2.11. The number of benzene rings is 1. The molecule has 2 nitrogen and oxygen atoms in total. The van der Waals surface area contributed by atoms with Gasteiger partial charge in [0, 0.05) is 11.4 Å². The molecule has 0 atom stereocenters. The van der Waals surface area contributed by atoms with E-state index in [1.807, 2.05) is 17.5 Å². The highest BCUT2D eigenvalue weighted by Gasteiger charge is 2.14. The maximum absolute atomic E-state index is 12.1. The number of para-hydroxylation sites is 1. The average Bonchev–Trinajstić information content (AvgIpc) is 2.65. The van der Waals surface area contributed by atoms with Crippen LogP contribution in [0.25, 0.3) is 21.1 Å². The second-order valence-corrected chi connectivity index (χ2v) is 5.36. The van der Waals surface area contributed by atoms with E-state index in [0.717, 1.165) is 15.7 Å². The van der Waals surface area contributed by atoms with Crippen LogP contribution in [0.5, 0.6) is 0 Å². The third-order valence-electron chi connectivity index (χ3n) is 3.02. The lowest BCUT2D eigenvalue weighted by molar-refractivity contribution is 0.641. The predicted molar refractivity (Wildman–Crippen MR) is 74.0 cm³/mol. The summed E-state index contributed by atoms with van der Waals surface area (Å²) in [7, 11) is 0. The quantitative estimate of drug-likeness (QED) is 0.637. The lowest BCUT2D eigenvalue weighted by Gasteiger charge is -2.10. The molecular formula is C14H13NOS. The lowest BCUT2D eigenvalue weighted by atomic mass is 10.2. The molecule has 0 saturated carbocycles. The highest BCUT2D eigenvalue weighted by molar-refractivity contribution is 7.17. The molecule has 0 aliphatic heterocycles. The van der Waals surface area contributed by atoms with Gasteiger partial charge in [0.1, 0.15) is 5.52 Å². The van der Waals surface area contributed by atoms with E-state index in [0.29, 0.717) is 6.04 Å². The first-order chi connectivity index (χ1) is 8.20. The van der Waals surface area contributed by atoms with E-state index >= 15 is 0 Å². The molecule has 0 radical (unpaired) electrons. The van der Waals surface area contributed by atoms with Gasteiger partial charge in [0.25, 0.3) is 0 Å². The fraction of sp³-hybridized carbons (Fsp3) is 0.214. The number of rotatable bonds is 1. The molecule has 0 aliphatic carbocycles. The van der Waals surface area contributed by atoms with Crippen molar-refractivity contribution in [1.29, 1.82) is 0 Å². The molecule has 0 bridgehead atoms. The zero-order valence-corrected chi connectivity index (χ0v) is 10.6. The highest BCUT2D eigenvalue weighted by atomic mass is 32.1. The van der Waals surface area contributed by atoms with E-state index in [9.17, 15) is 4.79 Å². The van der Waals surface area contributed by atoms with Gasteiger partial charge in [-0.2, -0.15) is 0 Å². The normalized spacial score (nSPS) is 11.7. The van der Waals surface area contributed by atoms with Gasteiger partial charge in [0.05, 0.1) is 10.2 Å². The van der Waals surface area contributed by atoms with Crippen LogP contribution in [-0.4, -0.2) is 4.57 Å². The summed E-state index contributed by atoms with van der Waals surface area (Å²) in [6, 6.07) is 10.2. The zero-order valence-electron chi connectivity index (χ0n) is 9.81. The molecule has 17 heavy (non-hydrogen) atoms. The smallest absolute Gasteiger partial charge is 0.204 e. The van der Waals surface area contributed by atoms with Crippen LogP contribution in [0, 0.1) is 0 Å². The van der Waals surface area contributed by atoms with E-state index in [-0.39, 0.29) is 5.43 Å². The molecule has 0 fully saturated rings. The summed E-state index contributed by atoms with van der Waals surface area (Å²) >= 11 is 1.64. The van der Waals surface area contributed by atoms with Crippen LogP contribution >= 0.6 is 11.3 Å². The van der Waals surface area contributed by atoms with E-state index in [1.165, 1.54) is 5.39 Å². The van der Waals surface area contributed by atoms with Gasteiger partial charge in [-0.3, -0.25) is 4.79 Å². The van der Waals surface area contributed by atoms with E-state index in [1.54, 1.807) is 17.4 Å². The zero-order chi connectivity index (χ0) is 12.0. The van der Waals surface area contributed by atoms with Crippen LogP contribution in [0.1, 0.15) is 19.9 Å². The Morgan fingerprint density at radius 3 is 2.71 bits per heavy atom. The molecule has 3 heteroatoms. The Morgan fingerprint density at radius 2 is 1.94 bits per heavy atom. The number of aromatic nitrogens is 1. The number of fused-ring (bicyclic) bond motifs is 3. The molecule has 3 rings (SSSR count). The topological polar surface area (TPSA) is 22.0 Å². The van der Waals surface area contributed by atoms with E-state index in [2.05, 4.69) is 30.5 Å². The molecule has 0 saturated heterocycles. The SMILES string of the molecule is CC(C)n1c2ccccc2c2sccc(=O)c21. The van der Waals surface area contributed by atoms with Crippen molar-refractivity contribution < 1.29 is 0 Å². The van der Waals surface area contributed by atoms with Gasteiger partial charge >= 0.3 is 0 Å². The van der Waals surface area contributed by atoms with Crippen molar-refractivity contribution >= 4 is 32.5 Å². The van der Waals surface area contributed by atoms with Gasteiger partial charge in [-0.15, -0.1) is 11.3 Å². The van der Waals surface area contributed by atoms with Gasteiger partial charge in [-0.05, 0) is 31.4 Å². The number of hydrogen-bond acceptors (Lipinski definition) is 2. The Hall–Kier alpha value is -1.61. The van der Waals surface area contributed by atoms with Crippen LogP contribution in [-0.2, 0) is 0 Å². The standard InChI is InChI=1S/C14H13NOS/c1-9(2)15-11-6-4-3-5-10(11)14-13(15)12(16)7-8-17-14/h3-9H,1-2H3. The maximum atomic E-state index is 12.1. The monoisotopic (exact) mass is 243 g/mol. The molecule has 0 aliphatic rings. The van der Waals surface area contributed by atoms with Crippen molar-refractivity contribution in [1.82, 2.24) is 4.57 Å². The lowest BCUT2D eigenvalue weighted by Crippen LogP contribution is -2.07. The number of nitrogens with zero attached hydrogens (tertiary/aromatic N) is 1. The Labute approximate surface area is 103 Å². The largest absolute Gasteiger partial charge is 0.334 e. The summed E-state index contributed by atoms with van der Waals surface area (Å²) < 4.78 is 3.24. The Bertz CT molecular complexity index is 752.